The zero-order valence-corrected chi connectivity index (χ0v) is 12.0. The van der Waals surface area contributed by atoms with Gasteiger partial charge in [-0.3, -0.25) is 9.59 Å². The van der Waals surface area contributed by atoms with Gasteiger partial charge in [-0.2, -0.15) is 0 Å². The molecule has 2 amide bonds. The fourth-order valence-electron chi connectivity index (χ4n) is 2.01. The molecule has 0 saturated carbocycles. The van der Waals surface area contributed by atoms with E-state index in [1.807, 2.05) is 6.92 Å². The summed E-state index contributed by atoms with van der Waals surface area (Å²) >= 11 is 6.01. The molecule has 1 unspecified atom stereocenters. The minimum atomic E-state index is -0.252. The van der Waals surface area contributed by atoms with Crippen LogP contribution in [0.4, 0.5) is 5.82 Å². The summed E-state index contributed by atoms with van der Waals surface area (Å²) in [5.74, 6) is 0.378. The number of piperidine rings is 1. The Morgan fingerprint density at radius 1 is 1.60 bits per heavy atom. The van der Waals surface area contributed by atoms with Crippen LogP contribution < -0.4 is 16.0 Å². The largest absolute Gasteiger partial charge is 0.370 e. The fourth-order valence-corrected chi connectivity index (χ4v) is 2.20. The molecule has 3 N–H and O–H groups in total. The number of rotatable bonds is 4. The summed E-state index contributed by atoms with van der Waals surface area (Å²) in [7, 11) is 0. The van der Waals surface area contributed by atoms with E-state index in [1.165, 1.54) is 6.20 Å². The number of carbonyl (C=O) groups excluding carboxylic acids is 2. The number of hydrogen-bond donors (Lipinski definition) is 3. The van der Waals surface area contributed by atoms with E-state index in [-0.39, 0.29) is 17.9 Å². The molecular weight excluding hydrogens is 280 g/mol. The highest BCUT2D eigenvalue weighted by atomic mass is 35.5. The first-order valence-electron chi connectivity index (χ1n) is 6.57. The molecule has 0 bridgehead atoms. The van der Waals surface area contributed by atoms with Crippen LogP contribution in [-0.2, 0) is 4.79 Å². The smallest absolute Gasteiger partial charge is 0.253 e. The second kappa shape index (κ2) is 6.56. The number of carbonyl (C=O) groups is 2. The van der Waals surface area contributed by atoms with Crippen molar-refractivity contribution in [3.8, 4) is 0 Å². The SMILES string of the molecule is CCNc1cc(C(=O)NC2CCC(=O)NC2)c(Cl)cn1. The summed E-state index contributed by atoms with van der Waals surface area (Å²) in [6, 6.07) is 1.56. The van der Waals surface area contributed by atoms with Crippen molar-refractivity contribution >= 4 is 29.2 Å². The molecule has 7 heteroatoms. The second-order valence-electron chi connectivity index (χ2n) is 4.59. The molecule has 1 atom stereocenters. The first kappa shape index (κ1) is 14.6. The summed E-state index contributed by atoms with van der Waals surface area (Å²) in [6.07, 6.45) is 2.52. The Labute approximate surface area is 122 Å². The molecule has 2 heterocycles. The van der Waals surface area contributed by atoms with E-state index in [4.69, 9.17) is 11.6 Å². The molecule has 2 rings (SSSR count). The van der Waals surface area contributed by atoms with Crippen molar-refractivity contribution in [2.75, 3.05) is 18.4 Å². The van der Waals surface area contributed by atoms with Crippen LogP contribution >= 0.6 is 11.6 Å². The van der Waals surface area contributed by atoms with Gasteiger partial charge in [-0.15, -0.1) is 0 Å². The molecule has 1 fully saturated rings. The van der Waals surface area contributed by atoms with Crippen LogP contribution in [0.15, 0.2) is 12.3 Å². The summed E-state index contributed by atoms with van der Waals surface area (Å²) in [4.78, 5) is 27.4. The number of nitrogens with zero attached hydrogens (tertiary/aromatic N) is 1. The third kappa shape index (κ3) is 3.60. The standard InChI is InChI=1S/C13H17ClN4O2/c1-2-15-11-5-9(10(14)7-16-11)13(20)18-8-3-4-12(19)17-6-8/h5,7-8H,2-4,6H2,1H3,(H,15,16)(H,17,19)(H,18,20). The van der Waals surface area contributed by atoms with E-state index < -0.39 is 0 Å². The van der Waals surface area contributed by atoms with Gasteiger partial charge in [-0.1, -0.05) is 11.6 Å². The topological polar surface area (TPSA) is 83.1 Å². The molecule has 0 aromatic carbocycles. The van der Waals surface area contributed by atoms with E-state index >= 15 is 0 Å². The maximum absolute atomic E-state index is 12.2. The number of halogens is 1. The lowest BCUT2D eigenvalue weighted by molar-refractivity contribution is -0.122. The Morgan fingerprint density at radius 3 is 3.05 bits per heavy atom. The van der Waals surface area contributed by atoms with Crippen LogP contribution in [0.5, 0.6) is 0 Å². The number of anilines is 1. The molecule has 0 radical (unpaired) electrons. The van der Waals surface area contributed by atoms with E-state index in [1.54, 1.807) is 6.07 Å². The normalized spacial score (nSPS) is 18.3. The zero-order valence-electron chi connectivity index (χ0n) is 11.2. The van der Waals surface area contributed by atoms with E-state index in [2.05, 4.69) is 20.9 Å². The highest BCUT2D eigenvalue weighted by Crippen LogP contribution is 2.18. The number of hydrogen-bond acceptors (Lipinski definition) is 4. The monoisotopic (exact) mass is 296 g/mol. The first-order valence-corrected chi connectivity index (χ1v) is 6.95. The van der Waals surface area contributed by atoms with E-state index in [0.29, 0.717) is 42.3 Å². The molecule has 0 spiro atoms. The first-order chi connectivity index (χ1) is 9.60. The van der Waals surface area contributed by atoms with Crippen molar-refractivity contribution < 1.29 is 9.59 Å². The third-order valence-corrected chi connectivity index (χ3v) is 3.36. The van der Waals surface area contributed by atoms with Crippen molar-refractivity contribution in [1.82, 2.24) is 15.6 Å². The van der Waals surface area contributed by atoms with Gasteiger partial charge in [0.1, 0.15) is 5.82 Å². The highest BCUT2D eigenvalue weighted by molar-refractivity contribution is 6.33. The lowest BCUT2D eigenvalue weighted by Crippen LogP contribution is -2.47. The minimum Gasteiger partial charge on any atom is -0.370 e. The van der Waals surface area contributed by atoms with Crippen molar-refractivity contribution in [2.45, 2.75) is 25.8 Å². The van der Waals surface area contributed by atoms with Crippen LogP contribution in [-0.4, -0.2) is 35.9 Å². The number of nitrogens with one attached hydrogen (secondary N) is 3. The Kier molecular flexibility index (Phi) is 4.79. The fraction of sp³-hybridized carbons (Fsp3) is 0.462. The maximum atomic E-state index is 12.2. The van der Waals surface area contributed by atoms with Crippen LogP contribution in [0, 0.1) is 0 Å². The van der Waals surface area contributed by atoms with Crippen molar-refractivity contribution in [3.63, 3.8) is 0 Å². The Bertz CT molecular complexity index is 511. The molecule has 1 aromatic rings. The van der Waals surface area contributed by atoms with Crippen LogP contribution in [0.3, 0.4) is 0 Å². The van der Waals surface area contributed by atoms with Crippen LogP contribution in [0.25, 0.3) is 0 Å². The molecule has 1 saturated heterocycles. The van der Waals surface area contributed by atoms with Gasteiger partial charge in [-0.25, -0.2) is 4.98 Å². The van der Waals surface area contributed by atoms with E-state index in [0.717, 1.165) is 0 Å². The summed E-state index contributed by atoms with van der Waals surface area (Å²) in [6.45, 7) is 3.11. The zero-order chi connectivity index (χ0) is 14.5. The molecule has 0 aliphatic carbocycles. The quantitative estimate of drug-likeness (QED) is 0.779. The Balaban J connectivity index is 2.04. The Morgan fingerprint density at radius 2 is 2.40 bits per heavy atom. The molecule has 1 aliphatic rings. The third-order valence-electron chi connectivity index (χ3n) is 3.06. The lowest BCUT2D eigenvalue weighted by atomic mass is 10.1. The predicted molar refractivity (Wildman–Crippen MR) is 76.9 cm³/mol. The van der Waals surface area contributed by atoms with Gasteiger partial charge in [-0.05, 0) is 19.4 Å². The number of aromatic nitrogens is 1. The Hall–Kier alpha value is -1.82. The molecule has 6 nitrogen and oxygen atoms in total. The summed E-state index contributed by atoms with van der Waals surface area (Å²) in [5.41, 5.74) is 0.384. The van der Waals surface area contributed by atoms with Gasteiger partial charge in [0, 0.05) is 31.7 Å². The van der Waals surface area contributed by atoms with Gasteiger partial charge < -0.3 is 16.0 Å². The summed E-state index contributed by atoms with van der Waals surface area (Å²) in [5, 5.41) is 8.94. The van der Waals surface area contributed by atoms with Crippen LogP contribution in [0.2, 0.25) is 5.02 Å². The van der Waals surface area contributed by atoms with Gasteiger partial charge in [0.2, 0.25) is 5.91 Å². The lowest BCUT2D eigenvalue weighted by Gasteiger charge is -2.23. The van der Waals surface area contributed by atoms with Gasteiger partial charge in [0.05, 0.1) is 10.6 Å². The van der Waals surface area contributed by atoms with Gasteiger partial charge in [0.25, 0.3) is 5.91 Å². The average molecular weight is 297 g/mol. The van der Waals surface area contributed by atoms with Crippen molar-refractivity contribution in [1.29, 1.82) is 0 Å². The van der Waals surface area contributed by atoms with Crippen molar-refractivity contribution in [3.05, 3.63) is 22.8 Å². The highest BCUT2D eigenvalue weighted by Gasteiger charge is 2.21. The van der Waals surface area contributed by atoms with Crippen molar-refractivity contribution in [2.24, 2.45) is 0 Å². The molecule has 20 heavy (non-hydrogen) atoms. The van der Waals surface area contributed by atoms with Gasteiger partial charge in [0.15, 0.2) is 0 Å². The predicted octanol–water partition coefficient (Wildman–Crippen LogP) is 1.18. The van der Waals surface area contributed by atoms with E-state index in [9.17, 15) is 9.59 Å². The maximum Gasteiger partial charge on any atom is 0.253 e. The number of amides is 2. The molecule has 1 aliphatic heterocycles. The van der Waals surface area contributed by atoms with Gasteiger partial charge >= 0.3 is 0 Å². The number of pyridine rings is 1. The molecular formula is C13H17ClN4O2. The molecule has 108 valence electrons. The average Bonchev–Trinajstić information content (AvgIpc) is 2.43. The second-order valence-corrected chi connectivity index (χ2v) is 5.00. The summed E-state index contributed by atoms with van der Waals surface area (Å²) < 4.78 is 0. The molecule has 1 aromatic heterocycles. The minimum absolute atomic E-state index is 0.0203. The van der Waals surface area contributed by atoms with Crippen LogP contribution in [0.1, 0.15) is 30.1 Å².